The van der Waals surface area contributed by atoms with E-state index in [-0.39, 0.29) is 5.91 Å². The predicted molar refractivity (Wildman–Crippen MR) is 96.0 cm³/mol. The van der Waals surface area contributed by atoms with Gasteiger partial charge in [0.05, 0.1) is 7.11 Å². The number of rotatable bonds is 6. The van der Waals surface area contributed by atoms with E-state index in [1.54, 1.807) is 57.6 Å². The van der Waals surface area contributed by atoms with Crippen LogP contribution in [0, 0.1) is 0 Å². The maximum atomic E-state index is 12.4. The molecule has 0 radical (unpaired) electrons. The van der Waals surface area contributed by atoms with Crippen LogP contribution in [0.2, 0.25) is 0 Å². The van der Waals surface area contributed by atoms with Crippen LogP contribution in [0.4, 0.5) is 0 Å². The second-order valence-electron chi connectivity index (χ2n) is 5.54. The van der Waals surface area contributed by atoms with Gasteiger partial charge in [0.2, 0.25) is 6.10 Å². The molecular weight excluding hydrogens is 318 g/mol. The Morgan fingerprint density at radius 2 is 1.64 bits per heavy atom. The molecule has 0 N–H and O–H groups in total. The van der Waals surface area contributed by atoms with Gasteiger partial charge in [-0.3, -0.25) is 4.79 Å². The van der Waals surface area contributed by atoms with Gasteiger partial charge in [-0.1, -0.05) is 48.5 Å². The highest BCUT2D eigenvalue weighted by Crippen LogP contribution is 2.21. The summed E-state index contributed by atoms with van der Waals surface area (Å²) in [5.41, 5.74) is 1.37. The summed E-state index contributed by atoms with van der Waals surface area (Å²) in [6.45, 7) is 0. The van der Waals surface area contributed by atoms with Crippen molar-refractivity contribution in [2.75, 3.05) is 21.2 Å². The van der Waals surface area contributed by atoms with E-state index in [2.05, 4.69) is 0 Å². The smallest absolute Gasteiger partial charge is 0.331 e. The first-order valence-electron chi connectivity index (χ1n) is 7.80. The number of nitrogens with zero attached hydrogens (tertiary/aromatic N) is 1. The summed E-state index contributed by atoms with van der Waals surface area (Å²) >= 11 is 0. The molecule has 0 saturated heterocycles. The lowest BCUT2D eigenvalue weighted by Gasteiger charge is -2.20. The molecule has 0 aromatic heterocycles. The maximum absolute atomic E-state index is 12.4. The van der Waals surface area contributed by atoms with Crippen molar-refractivity contribution in [3.63, 3.8) is 0 Å². The quantitative estimate of drug-likeness (QED) is 0.599. The van der Waals surface area contributed by atoms with Gasteiger partial charge in [-0.2, -0.15) is 0 Å². The molecule has 1 atom stereocenters. The van der Waals surface area contributed by atoms with E-state index in [1.807, 2.05) is 24.3 Å². The van der Waals surface area contributed by atoms with Gasteiger partial charge >= 0.3 is 5.97 Å². The summed E-state index contributed by atoms with van der Waals surface area (Å²) < 4.78 is 10.6. The van der Waals surface area contributed by atoms with E-state index in [4.69, 9.17) is 9.47 Å². The molecule has 2 aromatic carbocycles. The van der Waals surface area contributed by atoms with E-state index in [1.165, 1.54) is 11.0 Å². The highest BCUT2D eigenvalue weighted by Gasteiger charge is 2.25. The van der Waals surface area contributed by atoms with Crippen LogP contribution in [0.25, 0.3) is 6.08 Å². The van der Waals surface area contributed by atoms with Crippen molar-refractivity contribution in [1.82, 2.24) is 4.90 Å². The lowest BCUT2D eigenvalue weighted by molar-refractivity contribution is -0.155. The number of carbonyl (C=O) groups excluding carboxylic acids is 2. The fraction of sp³-hybridized carbons (Fsp3) is 0.200. The van der Waals surface area contributed by atoms with Crippen LogP contribution in [0.15, 0.2) is 60.7 Å². The minimum absolute atomic E-state index is 0.301. The molecule has 5 heteroatoms. The van der Waals surface area contributed by atoms with Crippen LogP contribution in [-0.4, -0.2) is 38.0 Å². The molecule has 0 heterocycles. The largest absolute Gasteiger partial charge is 0.496 e. The Kier molecular flexibility index (Phi) is 6.34. The van der Waals surface area contributed by atoms with Gasteiger partial charge in [0.1, 0.15) is 5.75 Å². The molecule has 0 aliphatic rings. The molecule has 130 valence electrons. The van der Waals surface area contributed by atoms with Crippen molar-refractivity contribution >= 4 is 18.0 Å². The van der Waals surface area contributed by atoms with E-state index in [0.717, 1.165) is 5.56 Å². The van der Waals surface area contributed by atoms with Crippen molar-refractivity contribution in [2.45, 2.75) is 6.10 Å². The van der Waals surface area contributed by atoms with Crippen molar-refractivity contribution in [2.24, 2.45) is 0 Å². The second kappa shape index (κ2) is 8.68. The lowest BCUT2D eigenvalue weighted by Crippen LogP contribution is -2.30. The van der Waals surface area contributed by atoms with Gasteiger partial charge in [0.15, 0.2) is 0 Å². The zero-order valence-corrected chi connectivity index (χ0v) is 14.5. The normalized spacial score (nSPS) is 11.8. The molecule has 0 fully saturated rings. The molecule has 5 nitrogen and oxygen atoms in total. The van der Waals surface area contributed by atoms with Crippen LogP contribution in [0.3, 0.4) is 0 Å². The third-order valence-electron chi connectivity index (χ3n) is 3.54. The Labute approximate surface area is 147 Å². The number of ether oxygens (including phenoxy) is 2. The number of benzene rings is 2. The third-order valence-corrected chi connectivity index (χ3v) is 3.54. The van der Waals surface area contributed by atoms with Crippen LogP contribution < -0.4 is 4.74 Å². The number of methoxy groups -OCH3 is 1. The molecule has 2 rings (SSSR count). The average Bonchev–Trinajstić information content (AvgIpc) is 2.64. The standard InChI is InChI=1S/C20H21NO4/c1-21(2)20(23)19(16-10-5-4-6-11-16)25-18(22)14-13-15-9-7-8-12-17(15)24-3/h4-14,19H,1-3H3/b14-13-. The minimum Gasteiger partial charge on any atom is -0.496 e. The predicted octanol–water partition coefficient (Wildman–Crippen LogP) is 3.08. The van der Waals surface area contributed by atoms with Gasteiger partial charge in [-0.05, 0) is 12.1 Å². The van der Waals surface area contributed by atoms with Gasteiger partial charge < -0.3 is 14.4 Å². The number of esters is 1. The summed E-state index contributed by atoms with van der Waals surface area (Å²) in [6.07, 6.45) is 1.91. The molecule has 1 amide bonds. The molecule has 0 bridgehead atoms. The first-order valence-corrected chi connectivity index (χ1v) is 7.80. The van der Waals surface area contributed by atoms with Crippen molar-refractivity contribution in [3.05, 3.63) is 71.8 Å². The van der Waals surface area contributed by atoms with E-state index in [0.29, 0.717) is 11.3 Å². The molecule has 1 unspecified atom stereocenters. The van der Waals surface area contributed by atoms with Crippen LogP contribution in [-0.2, 0) is 14.3 Å². The van der Waals surface area contributed by atoms with E-state index >= 15 is 0 Å². The van der Waals surface area contributed by atoms with Gasteiger partial charge in [-0.25, -0.2) is 4.79 Å². The fourth-order valence-electron chi connectivity index (χ4n) is 2.24. The zero-order valence-electron chi connectivity index (χ0n) is 14.5. The fourth-order valence-corrected chi connectivity index (χ4v) is 2.24. The number of likely N-dealkylation sites (N-methyl/N-ethyl adjacent to an activating group) is 1. The van der Waals surface area contributed by atoms with Gasteiger partial charge in [0.25, 0.3) is 5.91 Å². The molecule has 2 aromatic rings. The SMILES string of the molecule is COc1ccccc1/C=C\C(=O)OC(C(=O)N(C)C)c1ccccc1. The Morgan fingerprint density at radius 1 is 1.00 bits per heavy atom. The number of hydrogen-bond donors (Lipinski definition) is 0. The van der Waals surface area contributed by atoms with Crippen molar-refractivity contribution < 1.29 is 19.1 Å². The van der Waals surface area contributed by atoms with E-state index in [9.17, 15) is 9.59 Å². The Morgan fingerprint density at radius 3 is 2.28 bits per heavy atom. The van der Waals surface area contributed by atoms with Gasteiger partial charge in [0, 0.05) is 31.3 Å². The highest BCUT2D eigenvalue weighted by atomic mass is 16.5. The van der Waals surface area contributed by atoms with Crippen molar-refractivity contribution in [1.29, 1.82) is 0 Å². The van der Waals surface area contributed by atoms with Gasteiger partial charge in [-0.15, -0.1) is 0 Å². The first kappa shape index (κ1) is 18.3. The zero-order chi connectivity index (χ0) is 18.2. The van der Waals surface area contributed by atoms with Crippen molar-refractivity contribution in [3.8, 4) is 5.75 Å². The molecular formula is C20H21NO4. The Balaban J connectivity index is 2.17. The number of para-hydroxylation sites is 1. The summed E-state index contributed by atoms with van der Waals surface area (Å²) in [7, 11) is 4.81. The molecule has 0 spiro atoms. The van der Waals surface area contributed by atoms with E-state index < -0.39 is 12.1 Å². The highest BCUT2D eigenvalue weighted by molar-refractivity contribution is 5.91. The first-order chi connectivity index (χ1) is 12.0. The lowest BCUT2D eigenvalue weighted by atomic mass is 10.1. The van der Waals surface area contributed by atoms with Crippen LogP contribution in [0.1, 0.15) is 17.2 Å². The summed E-state index contributed by atoms with van der Waals surface area (Å²) in [4.78, 5) is 26.0. The topological polar surface area (TPSA) is 55.8 Å². The average molecular weight is 339 g/mol. The molecule has 0 aliphatic heterocycles. The molecule has 0 aliphatic carbocycles. The maximum Gasteiger partial charge on any atom is 0.331 e. The third kappa shape index (κ3) is 4.94. The summed E-state index contributed by atoms with van der Waals surface area (Å²) in [5.74, 6) is -0.254. The monoisotopic (exact) mass is 339 g/mol. The number of carbonyl (C=O) groups is 2. The Bertz CT molecular complexity index is 753. The number of amides is 1. The minimum atomic E-state index is -0.981. The molecule has 25 heavy (non-hydrogen) atoms. The summed E-state index contributed by atoms with van der Waals surface area (Å²) in [6, 6.07) is 16.2. The van der Waals surface area contributed by atoms with Crippen LogP contribution >= 0.6 is 0 Å². The number of hydrogen-bond acceptors (Lipinski definition) is 4. The Hall–Kier alpha value is -3.08. The van der Waals surface area contributed by atoms with Crippen LogP contribution in [0.5, 0.6) is 5.75 Å². The summed E-state index contributed by atoms with van der Waals surface area (Å²) in [5, 5.41) is 0. The molecule has 0 saturated carbocycles. The second-order valence-corrected chi connectivity index (χ2v) is 5.54.